The number of hydrogen-bond acceptors (Lipinski definition) is 6. The number of carbonyl (C=O) groups is 2. The summed E-state index contributed by atoms with van der Waals surface area (Å²) in [5.74, 6) is -0.375. The van der Waals surface area contributed by atoms with Gasteiger partial charge in [-0.3, -0.25) is 0 Å². The lowest BCUT2D eigenvalue weighted by Crippen LogP contribution is -2.11. The van der Waals surface area contributed by atoms with E-state index in [1.807, 2.05) is 0 Å². The standard InChI is InChI=1S/C21H16O6/c1-13-12-17(23)8-11-19(13)27-21(25)15-4-2-14(3-5-15)20(24)26-18-9-6-16(22)7-10-18/h2-12,22-23H,1H3. The van der Waals surface area contributed by atoms with E-state index < -0.39 is 11.9 Å². The molecule has 0 fully saturated rings. The third kappa shape index (κ3) is 4.43. The van der Waals surface area contributed by atoms with Gasteiger partial charge in [0.2, 0.25) is 0 Å². The molecule has 27 heavy (non-hydrogen) atoms. The second-order valence-electron chi connectivity index (χ2n) is 5.80. The minimum absolute atomic E-state index is 0.0709. The van der Waals surface area contributed by atoms with Gasteiger partial charge >= 0.3 is 11.9 Å². The number of esters is 2. The van der Waals surface area contributed by atoms with Crippen molar-refractivity contribution in [2.75, 3.05) is 0 Å². The monoisotopic (exact) mass is 364 g/mol. The first-order valence-corrected chi connectivity index (χ1v) is 8.05. The van der Waals surface area contributed by atoms with Gasteiger partial charge in [0.1, 0.15) is 23.0 Å². The van der Waals surface area contributed by atoms with E-state index in [0.717, 1.165) is 0 Å². The largest absolute Gasteiger partial charge is 0.508 e. The van der Waals surface area contributed by atoms with Crippen molar-refractivity contribution in [1.29, 1.82) is 0 Å². The van der Waals surface area contributed by atoms with Crippen molar-refractivity contribution < 1.29 is 29.3 Å². The van der Waals surface area contributed by atoms with Gasteiger partial charge in [0.25, 0.3) is 0 Å². The molecule has 6 heteroatoms. The van der Waals surface area contributed by atoms with Crippen LogP contribution in [0.1, 0.15) is 26.3 Å². The summed E-state index contributed by atoms with van der Waals surface area (Å²) in [5, 5.41) is 18.6. The van der Waals surface area contributed by atoms with E-state index >= 15 is 0 Å². The van der Waals surface area contributed by atoms with Gasteiger partial charge in [0.15, 0.2) is 0 Å². The first-order chi connectivity index (χ1) is 12.9. The second-order valence-corrected chi connectivity index (χ2v) is 5.80. The average Bonchev–Trinajstić information content (AvgIpc) is 2.66. The van der Waals surface area contributed by atoms with Crippen LogP contribution in [0.4, 0.5) is 0 Å². The normalized spacial score (nSPS) is 10.3. The van der Waals surface area contributed by atoms with Crippen LogP contribution in [0.2, 0.25) is 0 Å². The quantitative estimate of drug-likeness (QED) is 0.540. The molecule has 2 N–H and O–H groups in total. The Morgan fingerprint density at radius 2 is 1.22 bits per heavy atom. The molecular formula is C21H16O6. The number of aryl methyl sites for hydroxylation is 1. The van der Waals surface area contributed by atoms with Crippen LogP contribution in [-0.4, -0.2) is 22.2 Å². The third-order valence-corrected chi connectivity index (χ3v) is 3.76. The highest BCUT2D eigenvalue weighted by atomic mass is 16.5. The smallest absolute Gasteiger partial charge is 0.343 e. The molecule has 0 aliphatic carbocycles. The van der Waals surface area contributed by atoms with Gasteiger partial charge in [-0.2, -0.15) is 0 Å². The van der Waals surface area contributed by atoms with Crippen LogP contribution in [0, 0.1) is 6.92 Å². The predicted octanol–water partition coefficient (Wildman–Crippen LogP) is 3.84. The molecule has 0 saturated carbocycles. The van der Waals surface area contributed by atoms with Crippen LogP contribution < -0.4 is 9.47 Å². The van der Waals surface area contributed by atoms with E-state index in [4.69, 9.17) is 9.47 Å². The second kappa shape index (κ2) is 7.61. The molecule has 0 radical (unpaired) electrons. The number of benzene rings is 3. The first-order valence-electron chi connectivity index (χ1n) is 8.05. The lowest BCUT2D eigenvalue weighted by Gasteiger charge is -2.08. The number of carbonyl (C=O) groups excluding carboxylic acids is 2. The maximum atomic E-state index is 12.2. The summed E-state index contributed by atoms with van der Waals surface area (Å²) in [4.78, 5) is 24.4. The molecule has 136 valence electrons. The van der Waals surface area contributed by atoms with Crippen LogP contribution >= 0.6 is 0 Å². The molecule has 0 amide bonds. The highest BCUT2D eigenvalue weighted by Gasteiger charge is 2.13. The summed E-state index contributed by atoms with van der Waals surface area (Å²) in [6.07, 6.45) is 0. The van der Waals surface area contributed by atoms with Gasteiger partial charge < -0.3 is 19.7 Å². The topological polar surface area (TPSA) is 93.1 Å². The zero-order valence-corrected chi connectivity index (χ0v) is 14.4. The predicted molar refractivity (Wildman–Crippen MR) is 97.3 cm³/mol. The van der Waals surface area contributed by atoms with Crippen LogP contribution in [0.5, 0.6) is 23.0 Å². The lowest BCUT2D eigenvalue weighted by molar-refractivity contribution is 0.0720. The van der Waals surface area contributed by atoms with Crippen molar-refractivity contribution >= 4 is 11.9 Å². The molecule has 0 aliphatic heterocycles. The van der Waals surface area contributed by atoms with E-state index in [1.54, 1.807) is 6.92 Å². The molecule has 0 unspecified atom stereocenters. The molecule has 6 nitrogen and oxygen atoms in total. The van der Waals surface area contributed by atoms with Crippen molar-refractivity contribution in [1.82, 2.24) is 0 Å². The summed E-state index contributed by atoms with van der Waals surface area (Å²) < 4.78 is 10.5. The molecule has 3 aromatic rings. The molecule has 0 bridgehead atoms. The molecular weight excluding hydrogens is 348 g/mol. The molecule has 0 spiro atoms. The van der Waals surface area contributed by atoms with Crippen molar-refractivity contribution in [2.24, 2.45) is 0 Å². The average molecular weight is 364 g/mol. The zero-order valence-electron chi connectivity index (χ0n) is 14.4. The Balaban J connectivity index is 1.67. The molecule has 3 rings (SSSR count). The Kier molecular flexibility index (Phi) is 5.08. The van der Waals surface area contributed by atoms with Crippen LogP contribution in [0.3, 0.4) is 0 Å². The highest BCUT2D eigenvalue weighted by molar-refractivity contribution is 5.95. The summed E-state index contributed by atoms with van der Waals surface area (Å²) in [6.45, 7) is 1.71. The Hall–Kier alpha value is -3.80. The Bertz CT molecular complexity index is 975. The van der Waals surface area contributed by atoms with Crippen molar-refractivity contribution in [2.45, 2.75) is 6.92 Å². The lowest BCUT2D eigenvalue weighted by atomic mass is 10.1. The molecule has 0 saturated heterocycles. The van der Waals surface area contributed by atoms with Crippen molar-refractivity contribution in [3.05, 3.63) is 83.4 Å². The minimum atomic E-state index is -0.588. The number of aromatic hydroxyl groups is 2. The van der Waals surface area contributed by atoms with E-state index in [2.05, 4.69) is 0 Å². The van der Waals surface area contributed by atoms with E-state index in [0.29, 0.717) is 17.1 Å². The highest BCUT2D eigenvalue weighted by Crippen LogP contribution is 2.23. The molecule has 0 aliphatic rings. The molecule has 0 atom stereocenters. The number of rotatable bonds is 4. The third-order valence-electron chi connectivity index (χ3n) is 3.76. The summed E-state index contributed by atoms with van der Waals surface area (Å²) >= 11 is 0. The first kappa shape index (κ1) is 18.0. The van der Waals surface area contributed by atoms with Crippen molar-refractivity contribution in [3.63, 3.8) is 0 Å². The van der Waals surface area contributed by atoms with E-state index in [-0.39, 0.29) is 22.6 Å². The fourth-order valence-corrected chi connectivity index (χ4v) is 2.33. The number of hydrogen-bond donors (Lipinski definition) is 2. The molecule has 0 aromatic heterocycles. The minimum Gasteiger partial charge on any atom is -0.508 e. The fourth-order valence-electron chi connectivity index (χ4n) is 2.33. The summed E-state index contributed by atoms with van der Waals surface area (Å²) in [5.41, 5.74) is 1.15. The van der Waals surface area contributed by atoms with Gasteiger partial charge in [0.05, 0.1) is 11.1 Å². The van der Waals surface area contributed by atoms with Crippen molar-refractivity contribution in [3.8, 4) is 23.0 Å². The van der Waals surface area contributed by atoms with Gasteiger partial charge in [-0.1, -0.05) is 0 Å². The van der Waals surface area contributed by atoms with Crippen LogP contribution in [-0.2, 0) is 0 Å². The van der Waals surface area contributed by atoms with Crippen LogP contribution in [0.15, 0.2) is 66.7 Å². The van der Waals surface area contributed by atoms with Gasteiger partial charge in [-0.05, 0) is 79.2 Å². The maximum absolute atomic E-state index is 12.2. The van der Waals surface area contributed by atoms with E-state index in [9.17, 15) is 19.8 Å². The van der Waals surface area contributed by atoms with E-state index in [1.165, 1.54) is 66.7 Å². The number of ether oxygens (including phenoxy) is 2. The van der Waals surface area contributed by atoms with Gasteiger partial charge in [-0.15, -0.1) is 0 Å². The Morgan fingerprint density at radius 3 is 1.78 bits per heavy atom. The molecule has 0 heterocycles. The fraction of sp³-hybridized carbons (Fsp3) is 0.0476. The van der Waals surface area contributed by atoms with Gasteiger partial charge in [-0.25, -0.2) is 9.59 Å². The Morgan fingerprint density at radius 1 is 0.704 bits per heavy atom. The maximum Gasteiger partial charge on any atom is 0.343 e. The SMILES string of the molecule is Cc1cc(O)ccc1OC(=O)c1ccc(C(=O)Oc2ccc(O)cc2)cc1. The summed E-state index contributed by atoms with van der Waals surface area (Å²) in [7, 11) is 0. The van der Waals surface area contributed by atoms with Crippen LogP contribution in [0.25, 0.3) is 0 Å². The zero-order chi connectivity index (χ0) is 19.4. The summed E-state index contributed by atoms with van der Waals surface area (Å²) in [6, 6.07) is 16.0. The Labute approximate surface area is 155 Å². The molecule has 3 aromatic carbocycles. The number of phenolic OH excluding ortho intramolecular Hbond substituents is 2. The number of phenols is 2. The van der Waals surface area contributed by atoms with Gasteiger partial charge in [0, 0.05) is 0 Å².